The number of sulfonamides is 1. The molecule has 1 aromatic carbocycles. The third-order valence-corrected chi connectivity index (χ3v) is 6.41. The molecule has 6 nitrogen and oxygen atoms in total. The van der Waals surface area contributed by atoms with Crippen LogP contribution in [0.3, 0.4) is 0 Å². The van der Waals surface area contributed by atoms with E-state index in [-0.39, 0.29) is 29.8 Å². The highest BCUT2D eigenvalue weighted by molar-refractivity contribution is 7.89. The molecule has 0 radical (unpaired) electrons. The van der Waals surface area contributed by atoms with Gasteiger partial charge in [-0.05, 0) is 43.7 Å². The number of hydrogen-bond acceptors (Lipinski definition) is 5. The molecular weight excluding hydrogens is 394 g/mol. The molecule has 0 fully saturated rings. The van der Waals surface area contributed by atoms with Crippen LogP contribution in [0.15, 0.2) is 46.7 Å². The molecule has 0 bridgehead atoms. The first-order chi connectivity index (χ1) is 12.3. The Morgan fingerprint density at radius 2 is 2.04 bits per heavy atom. The summed E-state index contributed by atoms with van der Waals surface area (Å²) in [5, 5.41) is 5.20. The molecule has 26 heavy (non-hydrogen) atoms. The van der Waals surface area contributed by atoms with E-state index in [1.807, 2.05) is 36.5 Å². The van der Waals surface area contributed by atoms with Gasteiger partial charge in [0.05, 0.1) is 10.9 Å². The van der Waals surface area contributed by atoms with Crippen molar-refractivity contribution in [3.8, 4) is 0 Å². The molecule has 1 aromatic heterocycles. The van der Waals surface area contributed by atoms with Crippen molar-refractivity contribution >= 4 is 38.9 Å². The van der Waals surface area contributed by atoms with Crippen LogP contribution in [0.5, 0.6) is 0 Å². The van der Waals surface area contributed by atoms with E-state index in [2.05, 4.69) is 10.0 Å². The van der Waals surface area contributed by atoms with Gasteiger partial charge in [0.25, 0.3) is 0 Å². The fraction of sp³-hybridized carbons (Fsp3) is 0.353. The van der Waals surface area contributed by atoms with Crippen LogP contribution in [-0.4, -0.2) is 46.4 Å². The van der Waals surface area contributed by atoms with Gasteiger partial charge in [-0.25, -0.2) is 13.1 Å². The molecule has 2 N–H and O–H groups in total. The zero-order chi connectivity index (χ0) is 19.2. The number of carbonyl (C=O) groups is 1. The Hall–Kier alpha value is -1.45. The third-order valence-electron chi connectivity index (χ3n) is 3.74. The monoisotopic (exact) mass is 415 g/mol. The summed E-state index contributed by atoms with van der Waals surface area (Å²) < 4.78 is 26.8. The highest BCUT2D eigenvalue weighted by atomic mass is 35.5. The van der Waals surface area contributed by atoms with Gasteiger partial charge in [0.15, 0.2) is 0 Å². The number of thiophene rings is 1. The second kappa shape index (κ2) is 9.48. The van der Waals surface area contributed by atoms with E-state index < -0.39 is 10.0 Å². The summed E-state index contributed by atoms with van der Waals surface area (Å²) in [7, 11) is 0.228. The van der Waals surface area contributed by atoms with Crippen LogP contribution in [0.25, 0.3) is 0 Å². The fourth-order valence-electron chi connectivity index (χ4n) is 2.33. The van der Waals surface area contributed by atoms with Crippen molar-refractivity contribution in [2.24, 2.45) is 0 Å². The van der Waals surface area contributed by atoms with Gasteiger partial charge in [-0.2, -0.15) is 0 Å². The van der Waals surface area contributed by atoms with Crippen LogP contribution in [0.4, 0.5) is 0 Å². The van der Waals surface area contributed by atoms with Gasteiger partial charge in [0.1, 0.15) is 0 Å². The van der Waals surface area contributed by atoms with Crippen molar-refractivity contribution in [3.05, 3.63) is 51.7 Å². The lowest BCUT2D eigenvalue weighted by molar-refractivity contribution is -0.121. The molecule has 0 aliphatic carbocycles. The van der Waals surface area contributed by atoms with Crippen molar-refractivity contribution in [2.75, 3.05) is 27.2 Å². The number of amides is 1. The van der Waals surface area contributed by atoms with E-state index in [0.717, 1.165) is 4.88 Å². The van der Waals surface area contributed by atoms with Crippen molar-refractivity contribution in [1.82, 2.24) is 14.9 Å². The van der Waals surface area contributed by atoms with Gasteiger partial charge in [0.2, 0.25) is 15.9 Å². The van der Waals surface area contributed by atoms with E-state index in [1.54, 1.807) is 23.5 Å². The summed E-state index contributed by atoms with van der Waals surface area (Å²) >= 11 is 7.45. The SMILES string of the molecule is CN(C)[C@H](CNC(=O)CCNS(=O)(=O)c1cccc(Cl)c1)c1cccs1. The molecule has 1 heterocycles. The van der Waals surface area contributed by atoms with Crippen LogP contribution in [0.1, 0.15) is 17.3 Å². The normalized spacial score (nSPS) is 12.9. The highest BCUT2D eigenvalue weighted by Gasteiger charge is 2.17. The summed E-state index contributed by atoms with van der Waals surface area (Å²) in [6, 6.07) is 10.1. The van der Waals surface area contributed by atoms with E-state index in [0.29, 0.717) is 11.6 Å². The van der Waals surface area contributed by atoms with E-state index in [1.165, 1.54) is 12.1 Å². The zero-order valence-corrected chi connectivity index (χ0v) is 17.0. The highest BCUT2D eigenvalue weighted by Crippen LogP contribution is 2.22. The average Bonchev–Trinajstić information content (AvgIpc) is 3.08. The topological polar surface area (TPSA) is 78.5 Å². The number of halogens is 1. The minimum atomic E-state index is -3.68. The summed E-state index contributed by atoms with van der Waals surface area (Å²) in [5.41, 5.74) is 0. The average molecular weight is 416 g/mol. The summed E-state index contributed by atoms with van der Waals surface area (Å²) in [6.45, 7) is 0.486. The summed E-state index contributed by atoms with van der Waals surface area (Å²) in [6.07, 6.45) is 0.0599. The maximum absolute atomic E-state index is 12.2. The Morgan fingerprint density at radius 3 is 2.65 bits per heavy atom. The number of likely N-dealkylation sites (N-methyl/N-ethyl adjacent to an activating group) is 1. The van der Waals surface area contributed by atoms with E-state index >= 15 is 0 Å². The molecule has 0 saturated carbocycles. The number of rotatable bonds is 9. The van der Waals surface area contributed by atoms with Crippen LogP contribution >= 0.6 is 22.9 Å². The number of nitrogens with one attached hydrogen (secondary N) is 2. The lowest BCUT2D eigenvalue weighted by Crippen LogP contribution is -2.36. The Balaban J connectivity index is 1.81. The Morgan fingerprint density at radius 1 is 1.27 bits per heavy atom. The van der Waals surface area contributed by atoms with Gasteiger partial charge in [-0.1, -0.05) is 23.7 Å². The van der Waals surface area contributed by atoms with E-state index in [9.17, 15) is 13.2 Å². The fourth-order valence-corrected chi connectivity index (χ4v) is 4.59. The van der Waals surface area contributed by atoms with Crippen molar-refractivity contribution < 1.29 is 13.2 Å². The van der Waals surface area contributed by atoms with Crippen LogP contribution in [0, 0.1) is 0 Å². The predicted molar refractivity (Wildman–Crippen MR) is 105 cm³/mol. The lowest BCUT2D eigenvalue weighted by atomic mass is 10.2. The van der Waals surface area contributed by atoms with Gasteiger partial charge in [-0.15, -0.1) is 11.3 Å². The molecule has 2 rings (SSSR count). The number of nitrogens with zero attached hydrogens (tertiary/aromatic N) is 1. The first-order valence-electron chi connectivity index (χ1n) is 8.01. The summed E-state index contributed by atoms with van der Waals surface area (Å²) in [4.78, 5) is 15.3. The van der Waals surface area contributed by atoms with Gasteiger partial charge in [0, 0.05) is 29.4 Å². The predicted octanol–water partition coefficient (Wildman–Crippen LogP) is 2.49. The maximum atomic E-state index is 12.2. The second-order valence-electron chi connectivity index (χ2n) is 5.90. The molecular formula is C17H22ClN3O3S2. The maximum Gasteiger partial charge on any atom is 0.240 e. The molecule has 9 heteroatoms. The Labute approximate surface area is 163 Å². The molecule has 0 spiro atoms. The molecule has 2 aromatic rings. The Bertz CT molecular complexity index is 824. The van der Waals surface area contributed by atoms with Crippen molar-refractivity contribution in [2.45, 2.75) is 17.4 Å². The van der Waals surface area contributed by atoms with Crippen molar-refractivity contribution in [1.29, 1.82) is 0 Å². The second-order valence-corrected chi connectivity index (χ2v) is 9.09. The van der Waals surface area contributed by atoms with Gasteiger partial charge in [-0.3, -0.25) is 4.79 Å². The lowest BCUT2D eigenvalue weighted by Gasteiger charge is -2.23. The molecule has 0 aliphatic heterocycles. The van der Waals surface area contributed by atoms with Crippen molar-refractivity contribution in [3.63, 3.8) is 0 Å². The molecule has 0 unspecified atom stereocenters. The standard InChI is InChI=1S/C17H22ClN3O3S2/c1-21(2)15(16-7-4-10-25-16)12-19-17(22)8-9-20-26(23,24)14-6-3-5-13(18)11-14/h3-7,10-11,15,20H,8-9,12H2,1-2H3,(H,19,22)/t15-/m1/s1. The molecule has 1 atom stereocenters. The van der Waals surface area contributed by atoms with Gasteiger partial charge < -0.3 is 10.2 Å². The zero-order valence-electron chi connectivity index (χ0n) is 14.6. The minimum Gasteiger partial charge on any atom is -0.354 e. The molecule has 1 amide bonds. The number of benzene rings is 1. The van der Waals surface area contributed by atoms with Crippen LogP contribution in [-0.2, 0) is 14.8 Å². The minimum absolute atomic E-state index is 0.0202. The summed E-state index contributed by atoms with van der Waals surface area (Å²) in [5.74, 6) is -0.206. The third kappa shape index (κ3) is 6.07. The smallest absolute Gasteiger partial charge is 0.240 e. The number of hydrogen-bond donors (Lipinski definition) is 2. The molecule has 0 aliphatic rings. The quantitative estimate of drug-likeness (QED) is 0.659. The van der Waals surface area contributed by atoms with E-state index in [4.69, 9.17) is 11.6 Å². The first-order valence-corrected chi connectivity index (χ1v) is 10.8. The van der Waals surface area contributed by atoms with Gasteiger partial charge >= 0.3 is 0 Å². The molecule has 142 valence electrons. The largest absolute Gasteiger partial charge is 0.354 e. The number of carbonyl (C=O) groups excluding carboxylic acids is 1. The Kier molecular flexibility index (Phi) is 7.60. The van der Waals surface area contributed by atoms with Crippen LogP contribution in [0.2, 0.25) is 5.02 Å². The van der Waals surface area contributed by atoms with Crippen LogP contribution < -0.4 is 10.0 Å². The molecule has 0 saturated heterocycles. The first kappa shape index (κ1) is 20.9.